The minimum absolute atomic E-state index is 0.165. The van der Waals surface area contributed by atoms with E-state index in [0.29, 0.717) is 34.3 Å². The van der Waals surface area contributed by atoms with Gasteiger partial charge in [-0.3, -0.25) is 4.79 Å². The Morgan fingerprint density at radius 1 is 1.19 bits per heavy atom. The maximum absolute atomic E-state index is 13.2. The number of ether oxygens (including phenoxy) is 2. The standard InChI is InChI=1S/C18H15FN2O3S2/c19-11-2-4-13-16(8-11)26-18(20-13)21-17(22)10-25-12-3-5-14-15(9-12)24-7-1-6-23-14/h2-5,8-9H,1,6-7,10H2,(H,20,21,22). The Morgan fingerprint density at radius 3 is 2.92 bits per heavy atom. The van der Waals surface area contributed by atoms with E-state index in [9.17, 15) is 9.18 Å². The molecule has 1 aromatic heterocycles. The van der Waals surface area contributed by atoms with E-state index in [4.69, 9.17) is 9.47 Å². The lowest BCUT2D eigenvalue weighted by atomic mass is 10.3. The minimum atomic E-state index is -0.316. The lowest BCUT2D eigenvalue weighted by Gasteiger charge is -2.09. The van der Waals surface area contributed by atoms with Crippen LogP contribution in [-0.2, 0) is 4.79 Å². The van der Waals surface area contributed by atoms with Gasteiger partial charge in [-0.25, -0.2) is 9.37 Å². The monoisotopic (exact) mass is 390 g/mol. The van der Waals surface area contributed by atoms with Crippen molar-refractivity contribution in [1.29, 1.82) is 0 Å². The summed E-state index contributed by atoms with van der Waals surface area (Å²) in [4.78, 5) is 17.4. The Balaban J connectivity index is 1.38. The van der Waals surface area contributed by atoms with E-state index in [-0.39, 0.29) is 17.5 Å². The van der Waals surface area contributed by atoms with Crippen LogP contribution in [0, 0.1) is 5.82 Å². The van der Waals surface area contributed by atoms with Crippen LogP contribution in [0.2, 0.25) is 0 Å². The normalized spacial score (nSPS) is 13.4. The number of amides is 1. The molecular weight excluding hydrogens is 375 g/mol. The van der Waals surface area contributed by atoms with Crippen molar-refractivity contribution in [3.8, 4) is 11.5 Å². The molecule has 0 radical (unpaired) electrons. The topological polar surface area (TPSA) is 60.5 Å². The van der Waals surface area contributed by atoms with Crippen molar-refractivity contribution in [3.63, 3.8) is 0 Å². The van der Waals surface area contributed by atoms with Crippen molar-refractivity contribution in [2.75, 3.05) is 24.3 Å². The summed E-state index contributed by atoms with van der Waals surface area (Å²) in [6.45, 7) is 1.27. The molecule has 3 aromatic rings. The van der Waals surface area contributed by atoms with Gasteiger partial charge in [-0.15, -0.1) is 11.8 Å². The van der Waals surface area contributed by atoms with Gasteiger partial charge in [-0.1, -0.05) is 11.3 Å². The fraction of sp³-hybridized carbons (Fsp3) is 0.222. The number of fused-ring (bicyclic) bond motifs is 2. The molecule has 0 atom stereocenters. The van der Waals surface area contributed by atoms with Crippen molar-refractivity contribution in [2.24, 2.45) is 0 Å². The highest BCUT2D eigenvalue weighted by Gasteiger charge is 2.13. The first-order valence-corrected chi connectivity index (χ1v) is 9.86. The maximum atomic E-state index is 13.2. The molecule has 0 aliphatic carbocycles. The molecular formula is C18H15FN2O3S2. The maximum Gasteiger partial charge on any atom is 0.236 e. The van der Waals surface area contributed by atoms with Crippen molar-refractivity contribution in [1.82, 2.24) is 4.98 Å². The number of carbonyl (C=O) groups is 1. The summed E-state index contributed by atoms with van der Waals surface area (Å²) in [7, 11) is 0. The number of carbonyl (C=O) groups excluding carboxylic acids is 1. The molecule has 0 bridgehead atoms. The second-order valence-electron chi connectivity index (χ2n) is 5.63. The molecule has 1 aliphatic heterocycles. The number of anilines is 1. The Labute approximate surface area is 157 Å². The van der Waals surface area contributed by atoms with E-state index in [2.05, 4.69) is 10.3 Å². The summed E-state index contributed by atoms with van der Waals surface area (Å²) in [5, 5.41) is 3.23. The summed E-state index contributed by atoms with van der Waals surface area (Å²) < 4.78 is 25.2. The molecule has 8 heteroatoms. The molecule has 134 valence electrons. The molecule has 0 saturated carbocycles. The lowest BCUT2D eigenvalue weighted by Crippen LogP contribution is -2.13. The van der Waals surface area contributed by atoms with Crippen LogP contribution in [-0.4, -0.2) is 29.9 Å². The number of hydrogen-bond donors (Lipinski definition) is 1. The summed E-state index contributed by atoms with van der Waals surface area (Å²) in [6, 6.07) is 10.0. The van der Waals surface area contributed by atoms with Gasteiger partial charge in [0, 0.05) is 11.3 Å². The van der Waals surface area contributed by atoms with Crippen LogP contribution in [0.3, 0.4) is 0 Å². The van der Waals surface area contributed by atoms with Crippen LogP contribution < -0.4 is 14.8 Å². The lowest BCUT2D eigenvalue weighted by molar-refractivity contribution is -0.113. The zero-order valence-corrected chi connectivity index (χ0v) is 15.3. The number of thioether (sulfide) groups is 1. The molecule has 2 heterocycles. The van der Waals surface area contributed by atoms with Crippen molar-refractivity contribution in [2.45, 2.75) is 11.3 Å². The van der Waals surface area contributed by atoms with Gasteiger partial charge in [0.2, 0.25) is 5.91 Å². The number of halogens is 1. The SMILES string of the molecule is O=C(CSc1ccc2c(c1)OCCCO2)Nc1nc2ccc(F)cc2s1. The molecule has 1 aliphatic rings. The predicted octanol–water partition coefficient (Wildman–Crippen LogP) is 4.33. The van der Waals surface area contributed by atoms with Gasteiger partial charge >= 0.3 is 0 Å². The van der Waals surface area contributed by atoms with Crippen LogP contribution in [0.15, 0.2) is 41.3 Å². The molecule has 0 saturated heterocycles. The molecule has 5 nitrogen and oxygen atoms in total. The van der Waals surface area contributed by atoms with E-state index in [1.165, 1.54) is 35.2 Å². The van der Waals surface area contributed by atoms with Gasteiger partial charge < -0.3 is 14.8 Å². The first-order valence-electron chi connectivity index (χ1n) is 8.06. The molecule has 4 rings (SSSR count). The predicted molar refractivity (Wildman–Crippen MR) is 101 cm³/mol. The van der Waals surface area contributed by atoms with Gasteiger partial charge in [0.05, 0.1) is 29.2 Å². The van der Waals surface area contributed by atoms with Gasteiger partial charge in [-0.2, -0.15) is 0 Å². The zero-order valence-electron chi connectivity index (χ0n) is 13.7. The quantitative estimate of drug-likeness (QED) is 0.672. The van der Waals surface area contributed by atoms with Crippen molar-refractivity contribution >= 4 is 44.4 Å². The van der Waals surface area contributed by atoms with Crippen molar-refractivity contribution in [3.05, 3.63) is 42.2 Å². The summed E-state index contributed by atoms with van der Waals surface area (Å²) in [5.41, 5.74) is 0.669. The van der Waals surface area contributed by atoms with E-state index >= 15 is 0 Å². The van der Waals surface area contributed by atoms with Gasteiger partial charge in [-0.05, 0) is 36.4 Å². The number of aromatic nitrogens is 1. The molecule has 0 fully saturated rings. The Hall–Kier alpha value is -2.32. The number of rotatable bonds is 4. The minimum Gasteiger partial charge on any atom is -0.490 e. The second-order valence-corrected chi connectivity index (χ2v) is 7.71. The number of thiazole rings is 1. The number of hydrogen-bond acceptors (Lipinski definition) is 6. The van der Waals surface area contributed by atoms with E-state index < -0.39 is 0 Å². The van der Waals surface area contributed by atoms with Crippen LogP contribution >= 0.6 is 23.1 Å². The number of benzene rings is 2. The van der Waals surface area contributed by atoms with E-state index in [1.807, 2.05) is 18.2 Å². The van der Waals surface area contributed by atoms with Gasteiger partial charge in [0.25, 0.3) is 0 Å². The molecule has 2 aromatic carbocycles. The average molecular weight is 390 g/mol. The van der Waals surface area contributed by atoms with Gasteiger partial charge in [0.15, 0.2) is 16.6 Å². The number of nitrogens with zero attached hydrogens (tertiary/aromatic N) is 1. The number of nitrogens with one attached hydrogen (secondary N) is 1. The second kappa shape index (κ2) is 7.51. The third-order valence-corrected chi connectivity index (χ3v) is 5.61. The summed E-state index contributed by atoms with van der Waals surface area (Å²) >= 11 is 2.66. The molecule has 0 unspecified atom stereocenters. The molecule has 1 amide bonds. The highest BCUT2D eigenvalue weighted by molar-refractivity contribution is 8.00. The first-order chi connectivity index (χ1) is 12.7. The molecule has 0 spiro atoms. The molecule has 26 heavy (non-hydrogen) atoms. The summed E-state index contributed by atoms with van der Waals surface area (Å²) in [5.74, 6) is 1.20. The molecule has 1 N–H and O–H groups in total. The highest BCUT2D eigenvalue weighted by Crippen LogP contribution is 2.34. The fourth-order valence-corrected chi connectivity index (χ4v) is 4.12. The first kappa shape index (κ1) is 17.1. The van der Waals surface area contributed by atoms with E-state index in [0.717, 1.165) is 17.1 Å². The Morgan fingerprint density at radius 2 is 2.04 bits per heavy atom. The van der Waals surface area contributed by atoms with Crippen LogP contribution in [0.5, 0.6) is 11.5 Å². The smallest absolute Gasteiger partial charge is 0.236 e. The zero-order chi connectivity index (χ0) is 17.9. The van der Waals surface area contributed by atoms with Crippen LogP contribution in [0.4, 0.5) is 9.52 Å². The van der Waals surface area contributed by atoms with E-state index in [1.54, 1.807) is 6.07 Å². The fourth-order valence-electron chi connectivity index (χ4n) is 2.49. The average Bonchev–Trinajstić information content (AvgIpc) is 2.86. The van der Waals surface area contributed by atoms with Crippen LogP contribution in [0.1, 0.15) is 6.42 Å². The Kier molecular flexibility index (Phi) is 4.94. The van der Waals surface area contributed by atoms with Crippen LogP contribution in [0.25, 0.3) is 10.2 Å². The third-order valence-electron chi connectivity index (χ3n) is 3.69. The summed E-state index contributed by atoms with van der Waals surface area (Å²) in [6.07, 6.45) is 0.853. The highest BCUT2D eigenvalue weighted by atomic mass is 32.2. The largest absolute Gasteiger partial charge is 0.490 e. The van der Waals surface area contributed by atoms with Gasteiger partial charge in [0.1, 0.15) is 5.82 Å². The Bertz CT molecular complexity index is 961. The van der Waals surface area contributed by atoms with Crippen molar-refractivity contribution < 1.29 is 18.7 Å². The third kappa shape index (κ3) is 3.91.